The van der Waals surface area contributed by atoms with Crippen molar-refractivity contribution in [3.8, 4) is 0 Å². The third-order valence-corrected chi connectivity index (χ3v) is 4.19. The van der Waals surface area contributed by atoms with Gasteiger partial charge in [-0.05, 0) is 49.6 Å². The molecule has 0 saturated heterocycles. The van der Waals surface area contributed by atoms with Crippen LogP contribution in [-0.2, 0) is 0 Å². The molecule has 1 aliphatic rings. The second kappa shape index (κ2) is 5.07. The van der Waals surface area contributed by atoms with E-state index in [1.807, 2.05) is 12.3 Å². The molecule has 3 rings (SSSR count). The Kier molecular flexibility index (Phi) is 3.28. The minimum absolute atomic E-state index is 0.632. The topological polar surface area (TPSA) is 24.9 Å². The fourth-order valence-corrected chi connectivity index (χ4v) is 3.20. The van der Waals surface area contributed by atoms with Crippen LogP contribution in [0.25, 0.3) is 10.9 Å². The molecule has 94 valence electrons. The molecule has 0 radical (unpaired) electrons. The molecule has 2 aromatic rings. The highest BCUT2D eigenvalue weighted by atomic mass is 14.9. The highest BCUT2D eigenvalue weighted by Crippen LogP contribution is 2.33. The zero-order valence-electron chi connectivity index (χ0n) is 10.9. The summed E-state index contributed by atoms with van der Waals surface area (Å²) in [5.74, 6) is 0.661. The van der Waals surface area contributed by atoms with Crippen molar-refractivity contribution in [3.63, 3.8) is 0 Å². The van der Waals surface area contributed by atoms with Gasteiger partial charge in [0.25, 0.3) is 0 Å². The lowest BCUT2D eigenvalue weighted by Crippen LogP contribution is -2.34. The molecule has 0 bridgehead atoms. The Morgan fingerprint density at radius 1 is 1.17 bits per heavy atom. The fraction of sp³-hybridized carbons (Fsp3) is 0.438. The van der Waals surface area contributed by atoms with Crippen molar-refractivity contribution in [1.29, 1.82) is 0 Å². The number of aromatic nitrogens is 1. The Morgan fingerprint density at radius 3 is 2.94 bits per heavy atom. The van der Waals surface area contributed by atoms with Gasteiger partial charge in [0, 0.05) is 17.6 Å². The third-order valence-electron chi connectivity index (χ3n) is 4.19. The number of hydrogen-bond donors (Lipinski definition) is 1. The summed E-state index contributed by atoms with van der Waals surface area (Å²) in [6, 6.07) is 11.5. The van der Waals surface area contributed by atoms with E-state index in [2.05, 4.69) is 41.6 Å². The molecule has 1 aromatic carbocycles. The molecule has 1 aromatic heterocycles. The summed E-state index contributed by atoms with van der Waals surface area (Å²) in [5, 5.41) is 4.74. The van der Waals surface area contributed by atoms with Crippen LogP contribution in [0.1, 0.15) is 37.2 Å². The van der Waals surface area contributed by atoms with Crippen molar-refractivity contribution in [1.82, 2.24) is 10.3 Å². The predicted octanol–water partition coefficient (Wildman–Crippen LogP) is 3.48. The number of benzene rings is 1. The van der Waals surface area contributed by atoms with Gasteiger partial charge in [-0.25, -0.2) is 0 Å². The Morgan fingerprint density at radius 2 is 2.06 bits per heavy atom. The maximum atomic E-state index is 4.39. The van der Waals surface area contributed by atoms with E-state index in [1.54, 1.807) is 0 Å². The Labute approximate surface area is 108 Å². The molecule has 2 heteroatoms. The van der Waals surface area contributed by atoms with Crippen molar-refractivity contribution >= 4 is 10.9 Å². The summed E-state index contributed by atoms with van der Waals surface area (Å²) in [7, 11) is 2.09. The van der Waals surface area contributed by atoms with Gasteiger partial charge in [-0.3, -0.25) is 4.98 Å². The van der Waals surface area contributed by atoms with E-state index < -0.39 is 0 Å². The Bertz CT molecular complexity index is 535. The molecule has 1 heterocycles. The van der Waals surface area contributed by atoms with Gasteiger partial charge in [0.05, 0.1) is 5.52 Å². The minimum Gasteiger partial charge on any atom is -0.316 e. The van der Waals surface area contributed by atoms with Crippen LogP contribution in [0.4, 0.5) is 0 Å². The number of nitrogens with zero attached hydrogens (tertiary/aromatic N) is 1. The molecule has 0 amide bonds. The van der Waals surface area contributed by atoms with Crippen LogP contribution in [0.3, 0.4) is 0 Å². The zero-order chi connectivity index (χ0) is 12.4. The van der Waals surface area contributed by atoms with Crippen LogP contribution in [0, 0.1) is 0 Å². The summed E-state index contributed by atoms with van der Waals surface area (Å²) in [6.45, 7) is 0. The van der Waals surface area contributed by atoms with Crippen molar-refractivity contribution in [3.05, 3.63) is 42.1 Å². The molecule has 1 N–H and O–H groups in total. The molecule has 1 fully saturated rings. The molecule has 2 atom stereocenters. The van der Waals surface area contributed by atoms with E-state index in [4.69, 9.17) is 0 Å². The zero-order valence-corrected chi connectivity index (χ0v) is 10.9. The van der Waals surface area contributed by atoms with Crippen molar-refractivity contribution in [2.75, 3.05) is 7.05 Å². The predicted molar refractivity (Wildman–Crippen MR) is 75.8 cm³/mol. The standard InChI is InChI=1S/C16H20N2/c1-17-16-7-3-2-6-14(16)12-8-9-15-13(11-12)5-4-10-18-15/h4-5,8-11,14,16-17H,2-3,6-7H2,1H3. The van der Waals surface area contributed by atoms with Gasteiger partial charge in [0.15, 0.2) is 0 Å². The monoisotopic (exact) mass is 240 g/mol. The molecule has 2 unspecified atom stereocenters. The van der Waals surface area contributed by atoms with Gasteiger partial charge in [0.1, 0.15) is 0 Å². The van der Waals surface area contributed by atoms with E-state index >= 15 is 0 Å². The highest BCUT2D eigenvalue weighted by molar-refractivity contribution is 5.79. The second-order valence-electron chi connectivity index (χ2n) is 5.24. The molecule has 1 saturated carbocycles. The maximum Gasteiger partial charge on any atom is 0.0702 e. The lowest BCUT2D eigenvalue weighted by molar-refractivity contribution is 0.344. The van der Waals surface area contributed by atoms with E-state index in [9.17, 15) is 0 Å². The van der Waals surface area contributed by atoms with Crippen LogP contribution in [0.15, 0.2) is 36.5 Å². The van der Waals surface area contributed by atoms with Crippen molar-refractivity contribution in [2.24, 2.45) is 0 Å². The first kappa shape index (κ1) is 11.7. The Hall–Kier alpha value is -1.41. The van der Waals surface area contributed by atoms with Crippen LogP contribution >= 0.6 is 0 Å². The van der Waals surface area contributed by atoms with Gasteiger partial charge in [-0.15, -0.1) is 0 Å². The molecule has 0 spiro atoms. The molecule has 1 aliphatic carbocycles. The van der Waals surface area contributed by atoms with E-state index in [0.717, 1.165) is 5.52 Å². The van der Waals surface area contributed by atoms with E-state index in [-0.39, 0.29) is 0 Å². The van der Waals surface area contributed by atoms with E-state index in [0.29, 0.717) is 12.0 Å². The summed E-state index contributed by atoms with van der Waals surface area (Å²) < 4.78 is 0. The molecular formula is C16H20N2. The smallest absolute Gasteiger partial charge is 0.0702 e. The molecule has 2 nitrogen and oxygen atoms in total. The quantitative estimate of drug-likeness (QED) is 0.869. The lowest BCUT2D eigenvalue weighted by Gasteiger charge is -2.31. The summed E-state index contributed by atoms with van der Waals surface area (Å²) in [4.78, 5) is 4.39. The SMILES string of the molecule is CNC1CCCCC1c1ccc2ncccc2c1. The lowest BCUT2D eigenvalue weighted by atomic mass is 9.80. The number of likely N-dealkylation sites (N-methyl/N-ethyl adjacent to an activating group) is 1. The largest absolute Gasteiger partial charge is 0.316 e. The molecular weight excluding hydrogens is 220 g/mol. The number of pyridine rings is 1. The number of nitrogens with one attached hydrogen (secondary N) is 1. The first-order valence-corrected chi connectivity index (χ1v) is 6.90. The Balaban J connectivity index is 1.97. The van der Waals surface area contributed by atoms with Gasteiger partial charge in [-0.1, -0.05) is 25.0 Å². The summed E-state index contributed by atoms with van der Waals surface area (Å²) in [5.41, 5.74) is 2.56. The number of rotatable bonds is 2. The van der Waals surface area contributed by atoms with Gasteiger partial charge < -0.3 is 5.32 Å². The van der Waals surface area contributed by atoms with Crippen LogP contribution in [0.2, 0.25) is 0 Å². The van der Waals surface area contributed by atoms with Crippen LogP contribution in [-0.4, -0.2) is 18.1 Å². The maximum absolute atomic E-state index is 4.39. The first-order valence-electron chi connectivity index (χ1n) is 6.90. The van der Waals surface area contributed by atoms with E-state index in [1.165, 1.54) is 36.6 Å². The third kappa shape index (κ3) is 2.13. The highest BCUT2D eigenvalue weighted by Gasteiger charge is 2.25. The van der Waals surface area contributed by atoms with Crippen LogP contribution < -0.4 is 5.32 Å². The fourth-order valence-electron chi connectivity index (χ4n) is 3.20. The van der Waals surface area contributed by atoms with Crippen molar-refractivity contribution < 1.29 is 0 Å². The summed E-state index contributed by atoms with van der Waals surface area (Å²) in [6.07, 6.45) is 7.17. The minimum atomic E-state index is 0.632. The van der Waals surface area contributed by atoms with Gasteiger partial charge in [0.2, 0.25) is 0 Å². The van der Waals surface area contributed by atoms with Crippen LogP contribution in [0.5, 0.6) is 0 Å². The van der Waals surface area contributed by atoms with Gasteiger partial charge >= 0.3 is 0 Å². The summed E-state index contributed by atoms with van der Waals surface area (Å²) >= 11 is 0. The normalized spacial score (nSPS) is 24.3. The average Bonchev–Trinajstić information content (AvgIpc) is 2.46. The average molecular weight is 240 g/mol. The molecule has 18 heavy (non-hydrogen) atoms. The molecule has 0 aliphatic heterocycles. The number of fused-ring (bicyclic) bond motifs is 1. The number of hydrogen-bond acceptors (Lipinski definition) is 2. The first-order chi connectivity index (χ1) is 8.88. The van der Waals surface area contributed by atoms with Crippen molar-refractivity contribution in [2.45, 2.75) is 37.6 Å². The van der Waals surface area contributed by atoms with Gasteiger partial charge in [-0.2, -0.15) is 0 Å². The second-order valence-corrected chi connectivity index (χ2v) is 5.24.